The summed E-state index contributed by atoms with van der Waals surface area (Å²) < 4.78 is 0. The quantitative estimate of drug-likeness (QED) is 0.894. The average molecular weight is 254 g/mol. The first-order valence-electron chi connectivity index (χ1n) is 6.36. The Bertz CT molecular complexity index is 608. The Morgan fingerprint density at radius 1 is 1.16 bits per heavy atom. The van der Waals surface area contributed by atoms with Gasteiger partial charge in [0.25, 0.3) is 0 Å². The van der Waals surface area contributed by atoms with Crippen molar-refractivity contribution < 1.29 is 9.90 Å². The summed E-state index contributed by atoms with van der Waals surface area (Å²) in [7, 11) is 0. The molecule has 1 aromatic heterocycles. The summed E-state index contributed by atoms with van der Waals surface area (Å²) in [6.45, 7) is 0. The highest BCUT2D eigenvalue weighted by Gasteiger charge is 2.22. The van der Waals surface area contributed by atoms with Crippen molar-refractivity contribution in [1.82, 2.24) is 9.97 Å². The van der Waals surface area contributed by atoms with Crippen LogP contribution in [0.3, 0.4) is 0 Å². The number of benzene rings is 1. The molecule has 0 saturated heterocycles. The van der Waals surface area contributed by atoms with Crippen LogP contribution in [0.25, 0.3) is 0 Å². The molecule has 1 heterocycles. The van der Waals surface area contributed by atoms with Crippen molar-refractivity contribution in [3.8, 4) is 0 Å². The molecule has 0 radical (unpaired) electrons. The Kier molecular flexibility index (Phi) is 2.99. The molecule has 0 fully saturated rings. The summed E-state index contributed by atoms with van der Waals surface area (Å²) in [5.41, 5.74) is 2.89. The predicted molar refractivity (Wildman–Crippen MR) is 70.2 cm³/mol. The Hall–Kier alpha value is -2.23. The number of carbonyl (C=O) groups is 1. The normalized spacial score (nSPS) is 17.8. The minimum atomic E-state index is -0.986. The van der Waals surface area contributed by atoms with Crippen molar-refractivity contribution in [2.75, 3.05) is 0 Å². The molecule has 1 aliphatic rings. The van der Waals surface area contributed by atoms with Crippen LogP contribution >= 0.6 is 0 Å². The van der Waals surface area contributed by atoms with E-state index in [1.807, 2.05) is 0 Å². The second kappa shape index (κ2) is 4.80. The van der Waals surface area contributed by atoms with Crippen LogP contribution in [0.5, 0.6) is 0 Å². The molecule has 1 N–H and O–H groups in total. The van der Waals surface area contributed by atoms with Crippen molar-refractivity contribution in [3.05, 3.63) is 59.2 Å². The molecule has 1 unspecified atom stereocenters. The van der Waals surface area contributed by atoms with Gasteiger partial charge in [-0.1, -0.05) is 24.3 Å². The lowest BCUT2D eigenvalue weighted by Crippen LogP contribution is -2.15. The summed E-state index contributed by atoms with van der Waals surface area (Å²) in [5, 5.41) is 8.84. The maximum absolute atomic E-state index is 10.8. The van der Waals surface area contributed by atoms with Gasteiger partial charge in [0.05, 0.1) is 5.56 Å². The number of fused-ring (bicyclic) bond motifs is 1. The molecule has 2 aromatic rings. The number of hydrogen-bond donors (Lipinski definition) is 1. The van der Waals surface area contributed by atoms with E-state index < -0.39 is 5.97 Å². The third kappa shape index (κ3) is 2.34. The molecule has 1 atom stereocenters. The Morgan fingerprint density at radius 2 is 1.84 bits per heavy atom. The number of aryl methyl sites for hydroxylation is 1. The summed E-state index contributed by atoms with van der Waals surface area (Å²) >= 11 is 0. The maximum Gasteiger partial charge on any atom is 0.338 e. The van der Waals surface area contributed by atoms with Crippen LogP contribution in [0.15, 0.2) is 36.7 Å². The van der Waals surface area contributed by atoms with Crippen molar-refractivity contribution in [1.29, 1.82) is 0 Å². The fourth-order valence-electron chi connectivity index (χ4n) is 2.58. The van der Waals surface area contributed by atoms with Gasteiger partial charge >= 0.3 is 5.97 Å². The lowest BCUT2D eigenvalue weighted by atomic mass is 9.83. The number of carboxylic acid groups (broad SMARTS) is 1. The van der Waals surface area contributed by atoms with Gasteiger partial charge in [-0.3, -0.25) is 0 Å². The van der Waals surface area contributed by atoms with Gasteiger partial charge in [0.2, 0.25) is 0 Å². The van der Waals surface area contributed by atoms with Crippen LogP contribution < -0.4 is 0 Å². The lowest BCUT2D eigenvalue weighted by Gasteiger charge is -2.23. The topological polar surface area (TPSA) is 63.1 Å². The first kappa shape index (κ1) is 11.8. The van der Waals surface area contributed by atoms with Crippen LogP contribution in [-0.4, -0.2) is 21.0 Å². The van der Waals surface area contributed by atoms with E-state index in [9.17, 15) is 4.79 Å². The van der Waals surface area contributed by atoms with Gasteiger partial charge in [-0.15, -0.1) is 0 Å². The predicted octanol–water partition coefficient (Wildman–Crippen LogP) is 2.45. The van der Waals surface area contributed by atoms with Gasteiger partial charge in [-0.2, -0.15) is 0 Å². The van der Waals surface area contributed by atoms with Crippen molar-refractivity contribution in [3.63, 3.8) is 0 Å². The van der Waals surface area contributed by atoms with E-state index in [1.54, 1.807) is 0 Å². The van der Waals surface area contributed by atoms with E-state index in [1.165, 1.54) is 23.5 Å². The van der Waals surface area contributed by atoms with Crippen molar-refractivity contribution >= 4 is 5.97 Å². The van der Waals surface area contributed by atoms with E-state index in [0.29, 0.717) is 0 Å². The van der Waals surface area contributed by atoms with Gasteiger partial charge in [0, 0.05) is 18.3 Å². The highest BCUT2D eigenvalue weighted by Crippen LogP contribution is 2.30. The number of hydrogen-bond acceptors (Lipinski definition) is 3. The highest BCUT2D eigenvalue weighted by molar-refractivity contribution is 5.86. The Labute approximate surface area is 111 Å². The molecule has 0 bridgehead atoms. The number of aromatic carboxylic acids is 1. The van der Waals surface area contributed by atoms with Crippen LogP contribution in [-0.2, 0) is 12.8 Å². The zero-order valence-electron chi connectivity index (χ0n) is 10.4. The first-order valence-corrected chi connectivity index (χ1v) is 6.36. The van der Waals surface area contributed by atoms with Crippen molar-refractivity contribution in [2.45, 2.75) is 25.2 Å². The zero-order chi connectivity index (χ0) is 13.2. The van der Waals surface area contributed by atoms with E-state index >= 15 is 0 Å². The largest absolute Gasteiger partial charge is 0.478 e. The Balaban J connectivity index is 1.83. The molecule has 96 valence electrons. The minimum absolute atomic E-state index is 0.139. The number of carboxylic acids is 1. The van der Waals surface area contributed by atoms with Crippen LogP contribution in [0, 0.1) is 0 Å². The monoisotopic (exact) mass is 254 g/mol. The molecule has 0 amide bonds. The van der Waals surface area contributed by atoms with E-state index in [0.717, 1.165) is 25.1 Å². The van der Waals surface area contributed by atoms with Gasteiger partial charge in [0.1, 0.15) is 5.82 Å². The van der Waals surface area contributed by atoms with Gasteiger partial charge in [-0.25, -0.2) is 14.8 Å². The molecule has 4 nitrogen and oxygen atoms in total. The Morgan fingerprint density at radius 3 is 2.53 bits per heavy atom. The fourth-order valence-corrected chi connectivity index (χ4v) is 2.58. The summed E-state index contributed by atoms with van der Waals surface area (Å²) in [6, 6.07) is 8.43. The second-order valence-corrected chi connectivity index (χ2v) is 4.84. The molecule has 3 rings (SSSR count). The first-order chi connectivity index (χ1) is 9.24. The third-order valence-electron chi connectivity index (χ3n) is 3.63. The van der Waals surface area contributed by atoms with E-state index in [2.05, 4.69) is 34.2 Å². The summed E-state index contributed by atoms with van der Waals surface area (Å²) in [5.74, 6) is 0.0535. The van der Waals surface area contributed by atoms with Crippen LogP contribution in [0.1, 0.15) is 39.6 Å². The molecule has 4 heteroatoms. The van der Waals surface area contributed by atoms with Crippen molar-refractivity contribution in [2.24, 2.45) is 0 Å². The fraction of sp³-hybridized carbons (Fsp3) is 0.267. The zero-order valence-corrected chi connectivity index (χ0v) is 10.4. The number of aromatic nitrogens is 2. The summed E-state index contributed by atoms with van der Waals surface area (Å²) in [4.78, 5) is 19.2. The molecule has 0 saturated carbocycles. The number of rotatable bonds is 2. The van der Waals surface area contributed by atoms with Gasteiger partial charge in [0.15, 0.2) is 0 Å². The highest BCUT2D eigenvalue weighted by atomic mass is 16.4. The number of nitrogens with zero attached hydrogens (tertiary/aromatic N) is 2. The van der Waals surface area contributed by atoms with Gasteiger partial charge < -0.3 is 5.11 Å². The second-order valence-electron chi connectivity index (χ2n) is 4.84. The molecule has 19 heavy (non-hydrogen) atoms. The van der Waals surface area contributed by atoms with Crippen LogP contribution in [0.2, 0.25) is 0 Å². The smallest absolute Gasteiger partial charge is 0.338 e. The minimum Gasteiger partial charge on any atom is -0.478 e. The summed E-state index contributed by atoms with van der Waals surface area (Å²) in [6.07, 6.45) is 5.77. The van der Waals surface area contributed by atoms with E-state index in [4.69, 9.17) is 5.11 Å². The van der Waals surface area contributed by atoms with Crippen LogP contribution in [0.4, 0.5) is 0 Å². The molecule has 0 aliphatic heterocycles. The lowest BCUT2D eigenvalue weighted by molar-refractivity contribution is 0.0696. The standard InChI is InChI=1S/C15H14N2O2/c18-15(19)13-8-16-14(17-9-13)12-6-5-10-3-1-2-4-11(10)7-12/h1-4,8-9,12H,5-7H2,(H,18,19). The average Bonchev–Trinajstić information content (AvgIpc) is 2.47. The molecule has 0 spiro atoms. The van der Waals surface area contributed by atoms with E-state index in [-0.39, 0.29) is 11.5 Å². The molecular weight excluding hydrogens is 240 g/mol. The maximum atomic E-state index is 10.8. The van der Waals surface area contributed by atoms with Gasteiger partial charge in [-0.05, 0) is 30.4 Å². The molecule has 1 aromatic carbocycles. The molecular formula is C15H14N2O2. The SMILES string of the molecule is O=C(O)c1cnc(C2CCc3ccccc3C2)nc1. The molecule has 1 aliphatic carbocycles. The third-order valence-corrected chi connectivity index (χ3v) is 3.63.